The predicted octanol–water partition coefficient (Wildman–Crippen LogP) is 1.16. The van der Waals surface area contributed by atoms with E-state index in [-0.39, 0.29) is 18.8 Å². The Hall–Kier alpha value is -1.59. The Morgan fingerprint density at radius 2 is 2.24 bits per heavy atom. The molecule has 2 rings (SSSR count). The van der Waals surface area contributed by atoms with Gasteiger partial charge in [-0.1, -0.05) is 30.3 Å². The lowest BCUT2D eigenvalue weighted by Crippen LogP contribution is -2.37. The highest BCUT2D eigenvalue weighted by Crippen LogP contribution is 2.06. The maximum Gasteiger partial charge on any atom is 0.424 e. The molecule has 0 aliphatic carbocycles. The van der Waals surface area contributed by atoms with Crippen LogP contribution in [0.25, 0.3) is 0 Å². The predicted molar refractivity (Wildman–Crippen MR) is 62.1 cm³/mol. The molecule has 0 saturated carbocycles. The van der Waals surface area contributed by atoms with Crippen LogP contribution in [0.15, 0.2) is 30.3 Å². The second-order valence-corrected chi connectivity index (χ2v) is 3.87. The van der Waals surface area contributed by atoms with Crippen LogP contribution in [-0.2, 0) is 16.1 Å². The van der Waals surface area contributed by atoms with Gasteiger partial charge >= 0.3 is 6.09 Å². The van der Waals surface area contributed by atoms with Crippen molar-refractivity contribution < 1.29 is 14.3 Å². The van der Waals surface area contributed by atoms with Crippen molar-refractivity contribution in [3.05, 3.63) is 35.9 Å². The molecule has 1 amide bonds. The van der Waals surface area contributed by atoms with Crippen molar-refractivity contribution in [2.24, 2.45) is 0 Å². The van der Waals surface area contributed by atoms with Crippen LogP contribution >= 0.6 is 0 Å². The molecule has 1 aromatic carbocycles. The number of nitrogens with zero attached hydrogens (tertiary/aromatic N) is 1. The van der Waals surface area contributed by atoms with Crippen LogP contribution in [0.5, 0.6) is 0 Å². The smallest absolute Gasteiger partial charge is 0.424 e. The molecule has 0 radical (unpaired) electrons. The molecule has 5 heteroatoms. The first-order chi connectivity index (χ1) is 8.29. The number of nitrogens with one attached hydrogen (secondary N) is 1. The average molecular weight is 236 g/mol. The Morgan fingerprint density at radius 3 is 2.88 bits per heavy atom. The minimum absolute atomic E-state index is 0.0410. The second kappa shape index (κ2) is 5.65. The Balaban J connectivity index is 1.78. The summed E-state index contributed by atoms with van der Waals surface area (Å²) < 4.78 is 10.3. The minimum atomic E-state index is -0.367. The minimum Gasteiger partial charge on any atom is -0.444 e. The zero-order chi connectivity index (χ0) is 12.1. The van der Waals surface area contributed by atoms with E-state index in [9.17, 15) is 4.79 Å². The Bertz CT molecular complexity index is 369. The van der Waals surface area contributed by atoms with Gasteiger partial charge in [0.15, 0.2) is 0 Å². The summed E-state index contributed by atoms with van der Waals surface area (Å²) in [6, 6.07) is 9.60. The van der Waals surface area contributed by atoms with Crippen LogP contribution in [0.2, 0.25) is 0 Å². The fourth-order valence-electron chi connectivity index (χ4n) is 1.64. The summed E-state index contributed by atoms with van der Waals surface area (Å²) in [6.07, 6.45) is -0.326. The molecular weight excluding hydrogens is 220 g/mol. The van der Waals surface area contributed by atoms with Gasteiger partial charge in [0.25, 0.3) is 0 Å². The Labute approximate surface area is 100 Å². The molecule has 5 nitrogen and oxygen atoms in total. The van der Waals surface area contributed by atoms with Gasteiger partial charge < -0.3 is 9.47 Å². The van der Waals surface area contributed by atoms with Crippen LogP contribution in [-0.4, -0.2) is 37.4 Å². The number of carbonyl (C=O) groups is 1. The third-order valence-corrected chi connectivity index (χ3v) is 2.65. The molecule has 1 unspecified atom stereocenters. The summed E-state index contributed by atoms with van der Waals surface area (Å²) in [5, 5.41) is 1.44. The lowest BCUT2D eigenvalue weighted by molar-refractivity contribution is 0.0788. The summed E-state index contributed by atoms with van der Waals surface area (Å²) in [7, 11) is 1.63. The van der Waals surface area contributed by atoms with Gasteiger partial charge in [-0.25, -0.2) is 15.2 Å². The molecule has 1 saturated heterocycles. The number of benzene rings is 1. The highest BCUT2D eigenvalue weighted by atomic mass is 16.6. The quantitative estimate of drug-likeness (QED) is 0.855. The number of hydrogen-bond acceptors (Lipinski definition) is 4. The Morgan fingerprint density at radius 1 is 1.47 bits per heavy atom. The first-order valence-electron chi connectivity index (χ1n) is 5.54. The first-order valence-corrected chi connectivity index (χ1v) is 5.54. The molecule has 1 atom stereocenters. The monoisotopic (exact) mass is 236 g/mol. The topological polar surface area (TPSA) is 50.8 Å². The molecule has 1 fully saturated rings. The van der Waals surface area contributed by atoms with Crippen molar-refractivity contribution in [1.82, 2.24) is 10.4 Å². The van der Waals surface area contributed by atoms with Crippen LogP contribution < -0.4 is 5.43 Å². The highest BCUT2D eigenvalue weighted by molar-refractivity contribution is 5.67. The third-order valence-electron chi connectivity index (χ3n) is 2.65. The van der Waals surface area contributed by atoms with Gasteiger partial charge in [0.05, 0.1) is 12.6 Å². The lowest BCUT2D eigenvalue weighted by atomic mass is 10.2. The molecule has 0 aromatic heterocycles. The van der Waals surface area contributed by atoms with Gasteiger partial charge in [0.1, 0.15) is 6.61 Å². The summed E-state index contributed by atoms with van der Waals surface area (Å²) in [5.41, 5.74) is 3.90. The molecule has 1 aliphatic heterocycles. The third kappa shape index (κ3) is 3.18. The van der Waals surface area contributed by atoms with Gasteiger partial charge in [-0.2, -0.15) is 0 Å². The van der Waals surface area contributed by atoms with Crippen molar-refractivity contribution in [2.45, 2.75) is 12.7 Å². The molecule has 92 valence electrons. The number of carbonyl (C=O) groups excluding carboxylic acids is 1. The second-order valence-electron chi connectivity index (χ2n) is 3.87. The molecular formula is C12H16N2O3. The molecule has 0 bridgehead atoms. The van der Waals surface area contributed by atoms with Crippen LogP contribution in [0.3, 0.4) is 0 Å². The van der Waals surface area contributed by atoms with Crippen molar-refractivity contribution in [3.8, 4) is 0 Å². The van der Waals surface area contributed by atoms with E-state index in [2.05, 4.69) is 5.43 Å². The van der Waals surface area contributed by atoms with E-state index >= 15 is 0 Å². The van der Waals surface area contributed by atoms with Crippen LogP contribution in [0, 0.1) is 0 Å². The van der Waals surface area contributed by atoms with Crippen molar-refractivity contribution in [2.75, 3.05) is 20.2 Å². The normalized spacial score (nSPS) is 19.4. The van der Waals surface area contributed by atoms with E-state index in [1.807, 2.05) is 30.3 Å². The number of hydrogen-bond donors (Lipinski definition) is 1. The molecule has 1 aromatic rings. The van der Waals surface area contributed by atoms with Gasteiger partial charge in [-0.05, 0) is 5.56 Å². The summed E-state index contributed by atoms with van der Waals surface area (Å²) in [4.78, 5) is 11.7. The van der Waals surface area contributed by atoms with Gasteiger partial charge in [-0.15, -0.1) is 0 Å². The van der Waals surface area contributed by atoms with Crippen LogP contribution in [0.4, 0.5) is 4.79 Å². The SMILES string of the molecule is COC1CNN(C(=O)OCc2ccccc2)C1. The summed E-state index contributed by atoms with van der Waals surface area (Å²) >= 11 is 0. The van der Waals surface area contributed by atoms with E-state index in [4.69, 9.17) is 9.47 Å². The van der Waals surface area contributed by atoms with Crippen molar-refractivity contribution >= 4 is 6.09 Å². The Kier molecular flexibility index (Phi) is 3.95. The number of ether oxygens (including phenoxy) is 2. The fraction of sp³-hybridized carbons (Fsp3) is 0.417. The van der Waals surface area contributed by atoms with Gasteiger partial charge in [-0.3, -0.25) is 0 Å². The molecule has 1 N–H and O–H groups in total. The van der Waals surface area contributed by atoms with E-state index in [1.165, 1.54) is 5.01 Å². The van der Waals surface area contributed by atoms with E-state index in [0.717, 1.165) is 5.56 Å². The zero-order valence-corrected chi connectivity index (χ0v) is 9.76. The number of rotatable bonds is 3. The summed E-state index contributed by atoms with van der Waals surface area (Å²) in [5.74, 6) is 0. The molecule has 1 aliphatic rings. The van der Waals surface area contributed by atoms with Crippen molar-refractivity contribution in [1.29, 1.82) is 0 Å². The number of methoxy groups -OCH3 is 1. The number of amides is 1. The zero-order valence-electron chi connectivity index (χ0n) is 9.76. The van der Waals surface area contributed by atoms with E-state index < -0.39 is 0 Å². The van der Waals surface area contributed by atoms with Gasteiger partial charge in [0, 0.05) is 13.7 Å². The standard InChI is InChI=1S/C12H16N2O3/c1-16-11-7-13-14(8-11)12(15)17-9-10-5-3-2-4-6-10/h2-6,11,13H,7-9H2,1H3. The number of hydrazine groups is 1. The van der Waals surface area contributed by atoms with Gasteiger partial charge in [0.2, 0.25) is 0 Å². The van der Waals surface area contributed by atoms with Crippen molar-refractivity contribution in [3.63, 3.8) is 0 Å². The largest absolute Gasteiger partial charge is 0.444 e. The molecule has 1 heterocycles. The average Bonchev–Trinajstić information content (AvgIpc) is 2.86. The van der Waals surface area contributed by atoms with Crippen LogP contribution in [0.1, 0.15) is 5.56 Å². The summed E-state index contributed by atoms with van der Waals surface area (Å²) in [6.45, 7) is 1.44. The van der Waals surface area contributed by atoms with E-state index in [0.29, 0.717) is 13.1 Å². The van der Waals surface area contributed by atoms with E-state index in [1.54, 1.807) is 7.11 Å². The molecule has 17 heavy (non-hydrogen) atoms. The molecule has 0 spiro atoms. The lowest BCUT2D eigenvalue weighted by Gasteiger charge is -2.15. The fourth-order valence-corrected chi connectivity index (χ4v) is 1.64. The first kappa shape index (κ1) is 11.9. The maximum atomic E-state index is 11.7. The maximum absolute atomic E-state index is 11.7. The highest BCUT2D eigenvalue weighted by Gasteiger charge is 2.26.